The summed E-state index contributed by atoms with van der Waals surface area (Å²) < 4.78 is 12.8. The molecule has 0 amide bonds. The molecule has 0 saturated carbocycles. The average molecular weight is 856 g/mol. The third kappa shape index (κ3) is 59.7. The van der Waals surface area contributed by atoms with E-state index in [-0.39, 0.29) is 21.1 Å². The molecule has 0 aliphatic rings. The Labute approximate surface area is 336 Å². The summed E-state index contributed by atoms with van der Waals surface area (Å²) >= 11 is 0.0377. The summed E-state index contributed by atoms with van der Waals surface area (Å²) in [5, 5.41) is 19.8. The van der Waals surface area contributed by atoms with Crippen molar-refractivity contribution in [3.63, 3.8) is 0 Å². The van der Waals surface area contributed by atoms with Crippen LogP contribution in [-0.4, -0.2) is 58.2 Å². The van der Waals surface area contributed by atoms with Crippen LogP contribution in [0.5, 0.6) is 0 Å². The molecule has 0 radical (unpaired) electrons. The van der Waals surface area contributed by atoms with Crippen molar-refractivity contribution in [1.82, 2.24) is 0 Å². The van der Waals surface area contributed by atoms with E-state index in [1.165, 1.54) is 116 Å². The van der Waals surface area contributed by atoms with Gasteiger partial charge in [-0.15, -0.1) is 0 Å². The van der Waals surface area contributed by atoms with Crippen LogP contribution in [0.25, 0.3) is 0 Å². The van der Waals surface area contributed by atoms with Gasteiger partial charge in [-0.3, -0.25) is 0 Å². The van der Waals surface area contributed by atoms with Crippen molar-refractivity contribution in [2.24, 2.45) is 0 Å². The van der Waals surface area contributed by atoms with Gasteiger partial charge in [-0.2, -0.15) is 0 Å². The van der Waals surface area contributed by atoms with Gasteiger partial charge in [0.1, 0.15) is 0 Å². The summed E-state index contributed by atoms with van der Waals surface area (Å²) in [7, 11) is 0. The van der Waals surface area contributed by atoms with Gasteiger partial charge in [0.2, 0.25) is 0 Å². The van der Waals surface area contributed by atoms with Gasteiger partial charge in [0.25, 0.3) is 0 Å². The zero-order valence-electron chi connectivity index (χ0n) is 34.7. The van der Waals surface area contributed by atoms with E-state index in [0.717, 1.165) is 63.5 Å². The second-order valence-corrected chi connectivity index (χ2v) is 18.2. The number of aliphatic carboxylic acids is 2. The summed E-state index contributed by atoms with van der Waals surface area (Å²) in [6.45, 7) is 9.48. The molecule has 9 heteroatoms. The minimum atomic E-state index is -1.40. The van der Waals surface area contributed by atoms with Crippen LogP contribution in [-0.2, 0) is 28.7 Å². The first kappa shape index (κ1) is 55.5. The van der Waals surface area contributed by atoms with Gasteiger partial charge < -0.3 is 29.3 Å². The molecule has 53 heavy (non-hydrogen) atoms. The molecule has 308 valence electrons. The van der Waals surface area contributed by atoms with Crippen LogP contribution in [0.15, 0.2) is 24.3 Å². The van der Waals surface area contributed by atoms with Crippen LogP contribution < -0.4 is 10.2 Å². The number of rotatable bonds is 36. The Hall–Kier alpha value is -1.84. The number of carbonyl (C=O) groups excluding carboxylic acids is 4. The van der Waals surface area contributed by atoms with Crippen molar-refractivity contribution in [2.45, 2.75) is 216 Å². The van der Waals surface area contributed by atoms with Crippen LogP contribution in [0.1, 0.15) is 207 Å². The fraction of sp³-hybridized carbons (Fsp3) is 0.818. The van der Waals surface area contributed by atoms with Crippen LogP contribution in [0.2, 0.25) is 8.87 Å². The van der Waals surface area contributed by atoms with E-state index in [1.807, 2.05) is 0 Å². The Morgan fingerprint density at radius 1 is 0.377 bits per heavy atom. The number of ether oxygens (including phenoxy) is 2. The summed E-state index contributed by atoms with van der Waals surface area (Å²) in [5.74, 6) is -4.06. The second kappa shape index (κ2) is 50.2. The zero-order chi connectivity index (χ0) is 39.9. The first-order valence-electron chi connectivity index (χ1n) is 21.6. The molecule has 0 aromatic heterocycles. The van der Waals surface area contributed by atoms with E-state index in [1.54, 1.807) is 21.7 Å². The standard InChI is InChI=1S/2C12H25.2C10H16O4.Sn/c2*1-3-5-7-9-11-12-10-8-6-4-2;2*1-2-3-4-5-8-14-10(13)7-6-9(11)12;/h2*1,3-12H2,2H3;2*6-7H,2-5,8H2,1H3,(H,11,12);/q;;;;+2/p-2/b;;2*7-6-;. The Kier molecular flexibility index (Phi) is 52.5. The molecule has 0 aliphatic carbocycles. The van der Waals surface area contributed by atoms with E-state index in [2.05, 4.69) is 27.7 Å². The first-order chi connectivity index (χ1) is 25.7. The van der Waals surface area contributed by atoms with Crippen LogP contribution in [0, 0.1) is 0 Å². The SMILES string of the molecule is CCCCCCCCCCC[CH2][Sn+2][CH2]CCCCCCCCCCC.CCCCCCOC(=O)/C=C\C(=O)[O-].CCCCCCOC(=O)/C=C\C(=O)[O-]. The molecule has 0 rings (SSSR count). The molecule has 0 unspecified atom stereocenters. The maximum atomic E-state index is 10.8. The predicted molar refractivity (Wildman–Crippen MR) is 218 cm³/mol. The van der Waals surface area contributed by atoms with Gasteiger partial charge in [-0.25, -0.2) is 9.59 Å². The molecule has 0 N–H and O–H groups in total. The third-order valence-corrected chi connectivity index (χ3v) is 12.6. The van der Waals surface area contributed by atoms with Crippen molar-refractivity contribution in [3.8, 4) is 0 Å². The van der Waals surface area contributed by atoms with E-state index in [9.17, 15) is 29.4 Å². The van der Waals surface area contributed by atoms with Gasteiger partial charge in [-0.05, 0) is 25.0 Å². The minimum Gasteiger partial charge on any atom is -0.545 e. The Bertz CT molecular complexity index is 790. The van der Waals surface area contributed by atoms with Crippen molar-refractivity contribution in [3.05, 3.63) is 24.3 Å². The Balaban J connectivity index is -0.000000762. The molecular weight excluding hydrogens is 775 g/mol. The quantitative estimate of drug-likeness (QED) is 0.0263. The van der Waals surface area contributed by atoms with E-state index < -0.39 is 23.9 Å². The number of carboxylic acids is 2. The van der Waals surface area contributed by atoms with Gasteiger partial charge in [0.05, 0.1) is 25.2 Å². The van der Waals surface area contributed by atoms with Crippen LogP contribution >= 0.6 is 0 Å². The monoisotopic (exact) mass is 856 g/mol. The van der Waals surface area contributed by atoms with Gasteiger partial charge in [0, 0.05) is 12.2 Å². The van der Waals surface area contributed by atoms with Gasteiger partial charge in [0.15, 0.2) is 0 Å². The number of esters is 2. The molecule has 0 saturated heterocycles. The van der Waals surface area contributed by atoms with E-state index in [4.69, 9.17) is 9.47 Å². The zero-order valence-corrected chi connectivity index (χ0v) is 37.6. The molecule has 0 fully saturated rings. The number of hydrogen-bond donors (Lipinski definition) is 0. The molecule has 8 nitrogen and oxygen atoms in total. The molecular formula is C44H80O8Sn. The van der Waals surface area contributed by atoms with Crippen molar-refractivity contribution < 1.29 is 38.9 Å². The summed E-state index contributed by atoms with van der Waals surface area (Å²) in [4.78, 5) is 41.4. The number of carboxylic acid groups (broad SMARTS) is 2. The van der Waals surface area contributed by atoms with E-state index in [0.29, 0.717) is 25.4 Å². The second-order valence-electron chi connectivity index (χ2n) is 13.9. The topological polar surface area (TPSA) is 133 Å². The third-order valence-electron chi connectivity index (χ3n) is 8.61. The fourth-order valence-corrected chi connectivity index (χ4v) is 8.94. The summed E-state index contributed by atoms with van der Waals surface area (Å²) in [6, 6.07) is 0. The maximum absolute atomic E-state index is 10.8. The van der Waals surface area contributed by atoms with Crippen molar-refractivity contribution in [1.29, 1.82) is 0 Å². The summed E-state index contributed by atoms with van der Waals surface area (Å²) in [6.07, 6.45) is 41.0. The molecule has 0 atom stereocenters. The minimum absolute atomic E-state index is 0.0377. The van der Waals surface area contributed by atoms with Gasteiger partial charge in [-0.1, -0.05) is 52.4 Å². The predicted octanol–water partition coefficient (Wildman–Crippen LogP) is 10.2. The first-order valence-corrected chi connectivity index (χ1v) is 25.6. The molecule has 0 bridgehead atoms. The van der Waals surface area contributed by atoms with Crippen LogP contribution in [0.4, 0.5) is 0 Å². The number of unbranched alkanes of at least 4 members (excludes halogenated alkanes) is 24. The van der Waals surface area contributed by atoms with Crippen LogP contribution in [0.3, 0.4) is 0 Å². The molecule has 0 aromatic carbocycles. The van der Waals surface area contributed by atoms with E-state index >= 15 is 0 Å². The molecule has 0 spiro atoms. The summed E-state index contributed by atoms with van der Waals surface area (Å²) in [5.41, 5.74) is 0. The molecule has 0 heterocycles. The number of hydrogen-bond acceptors (Lipinski definition) is 8. The van der Waals surface area contributed by atoms with Gasteiger partial charge >= 0.3 is 184 Å². The molecule has 0 aliphatic heterocycles. The number of carbonyl (C=O) groups is 4. The average Bonchev–Trinajstić information content (AvgIpc) is 3.14. The van der Waals surface area contributed by atoms with Crippen molar-refractivity contribution >= 4 is 45.0 Å². The smallest absolute Gasteiger partial charge is 0.545 e. The Morgan fingerprint density at radius 3 is 0.887 bits per heavy atom. The normalized spacial score (nSPS) is 10.6. The van der Waals surface area contributed by atoms with Crippen molar-refractivity contribution in [2.75, 3.05) is 13.2 Å². The molecule has 0 aromatic rings. The Morgan fingerprint density at radius 2 is 0.623 bits per heavy atom. The fourth-order valence-electron chi connectivity index (χ4n) is 5.37.